The quantitative estimate of drug-likeness (QED) is 0.802. The lowest BCUT2D eigenvalue weighted by molar-refractivity contribution is 0.102. The van der Waals surface area contributed by atoms with Crippen molar-refractivity contribution in [3.63, 3.8) is 0 Å². The zero-order valence-electron chi connectivity index (χ0n) is 12.1. The molecule has 0 saturated heterocycles. The molecule has 0 unspecified atom stereocenters. The molecule has 110 valence electrons. The summed E-state index contributed by atoms with van der Waals surface area (Å²) in [5, 5.41) is 13.9. The van der Waals surface area contributed by atoms with E-state index in [1.165, 1.54) is 0 Å². The van der Waals surface area contributed by atoms with Gasteiger partial charge in [-0.2, -0.15) is 0 Å². The first-order valence-corrected chi connectivity index (χ1v) is 7.99. The first-order valence-electron chi connectivity index (χ1n) is 6.76. The Morgan fingerprint density at radius 3 is 2.67 bits per heavy atom. The summed E-state index contributed by atoms with van der Waals surface area (Å²) in [6.45, 7) is 2.91. The highest BCUT2D eigenvalue weighted by Gasteiger charge is 2.10. The number of nitrogens with one attached hydrogen (secondary N) is 2. The van der Waals surface area contributed by atoms with E-state index in [4.69, 9.17) is 0 Å². The maximum atomic E-state index is 12.2. The van der Waals surface area contributed by atoms with Crippen molar-refractivity contribution in [2.45, 2.75) is 18.2 Å². The lowest BCUT2D eigenvalue weighted by Gasteiger charge is -2.09. The summed E-state index contributed by atoms with van der Waals surface area (Å²) < 4.78 is 0. The Hall–Kier alpha value is -2.08. The van der Waals surface area contributed by atoms with Crippen LogP contribution in [0.3, 0.4) is 0 Å². The first kappa shape index (κ1) is 15.3. The normalized spacial score (nSPS) is 10.2. The number of anilines is 2. The SMILES string of the molecule is CCCNc1ccc(C(=O)Nc2ccccc2SC)nn1. The van der Waals surface area contributed by atoms with Crippen molar-refractivity contribution >= 4 is 29.2 Å². The van der Waals surface area contributed by atoms with E-state index in [0.717, 1.165) is 23.5 Å². The lowest BCUT2D eigenvalue weighted by Crippen LogP contribution is -2.15. The summed E-state index contributed by atoms with van der Waals surface area (Å²) in [6, 6.07) is 11.1. The molecule has 1 aromatic heterocycles. The van der Waals surface area contributed by atoms with Crippen molar-refractivity contribution < 1.29 is 4.79 Å². The van der Waals surface area contributed by atoms with Crippen LogP contribution in [0.25, 0.3) is 0 Å². The average Bonchev–Trinajstić information content (AvgIpc) is 2.54. The van der Waals surface area contributed by atoms with E-state index in [1.54, 1.807) is 23.9 Å². The molecule has 1 aromatic carbocycles. The van der Waals surface area contributed by atoms with Gasteiger partial charge >= 0.3 is 0 Å². The average molecular weight is 302 g/mol. The zero-order chi connectivity index (χ0) is 15.1. The van der Waals surface area contributed by atoms with Crippen molar-refractivity contribution in [1.82, 2.24) is 10.2 Å². The van der Waals surface area contributed by atoms with Gasteiger partial charge in [0.25, 0.3) is 5.91 Å². The predicted octanol–water partition coefficient (Wildman–Crippen LogP) is 3.27. The molecule has 0 radical (unpaired) electrons. The summed E-state index contributed by atoms with van der Waals surface area (Å²) >= 11 is 1.58. The predicted molar refractivity (Wildman–Crippen MR) is 87.0 cm³/mol. The molecule has 2 rings (SSSR count). The summed E-state index contributed by atoms with van der Waals surface area (Å²) in [7, 11) is 0. The van der Waals surface area contributed by atoms with Crippen LogP contribution < -0.4 is 10.6 Å². The molecule has 0 atom stereocenters. The topological polar surface area (TPSA) is 66.9 Å². The van der Waals surface area contributed by atoms with E-state index in [1.807, 2.05) is 30.5 Å². The monoisotopic (exact) mass is 302 g/mol. The van der Waals surface area contributed by atoms with E-state index in [9.17, 15) is 4.79 Å². The lowest BCUT2D eigenvalue weighted by atomic mass is 10.3. The smallest absolute Gasteiger partial charge is 0.276 e. The minimum Gasteiger partial charge on any atom is -0.369 e. The van der Waals surface area contributed by atoms with Gasteiger partial charge in [0.2, 0.25) is 0 Å². The number of aromatic nitrogens is 2. The maximum Gasteiger partial charge on any atom is 0.276 e. The van der Waals surface area contributed by atoms with Crippen LogP contribution in [0.5, 0.6) is 0 Å². The molecule has 0 aliphatic rings. The van der Waals surface area contributed by atoms with E-state index in [2.05, 4.69) is 27.8 Å². The third kappa shape index (κ3) is 4.19. The molecule has 5 nitrogen and oxygen atoms in total. The summed E-state index contributed by atoms with van der Waals surface area (Å²) in [5.41, 5.74) is 1.08. The molecule has 0 aliphatic carbocycles. The molecule has 21 heavy (non-hydrogen) atoms. The highest BCUT2D eigenvalue weighted by molar-refractivity contribution is 7.98. The second-order valence-electron chi connectivity index (χ2n) is 4.38. The van der Waals surface area contributed by atoms with E-state index < -0.39 is 0 Å². The minimum absolute atomic E-state index is 0.258. The first-order chi connectivity index (χ1) is 10.2. The van der Waals surface area contributed by atoms with Gasteiger partial charge in [0.05, 0.1) is 5.69 Å². The van der Waals surface area contributed by atoms with Crippen molar-refractivity contribution in [2.75, 3.05) is 23.4 Å². The molecule has 0 fully saturated rings. The highest BCUT2D eigenvalue weighted by Crippen LogP contribution is 2.24. The van der Waals surface area contributed by atoms with Gasteiger partial charge in [-0.25, -0.2) is 0 Å². The Morgan fingerprint density at radius 2 is 2.00 bits per heavy atom. The van der Waals surface area contributed by atoms with Crippen LogP contribution >= 0.6 is 11.8 Å². The molecule has 6 heteroatoms. The van der Waals surface area contributed by atoms with Gasteiger partial charge in [0.1, 0.15) is 5.82 Å². The minimum atomic E-state index is -0.258. The summed E-state index contributed by atoms with van der Waals surface area (Å²) in [6.07, 6.45) is 2.98. The fourth-order valence-corrected chi connectivity index (χ4v) is 2.29. The number of carbonyl (C=O) groups excluding carboxylic acids is 1. The van der Waals surface area contributed by atoms with Gasteiger partial charge in [0.15, 0.2) is 5.69 Å². The molecule has 1 amide bonds. The van der Waals surface area contributed by atoms with Crippen molar-refractivity contribution in [3.8, 4) is 0 Å². The van der Waals surface area contributed by atoms with Crippen molar-refractivity contribution in [1.29, 1.82) is 0 Å². The molecule has 1 heterocycles. The van der Waals surface area contributed by atoms with E-state index in [-0.39, 0.29) is 5.91 Å². The largest absolute Gasteiger partial charge is 0.369 e. The third-order valence-corrected chi connectivity index (χ3v) is 3.60. The molecule has 2 N–H and O–H groups in total. The number of hydrogen-bond donors (Lipinski definition) is 2. The fraction of sp³-hybridized carbons (Fsp3) is 0.267. The van der Waals surface area contributed by atoms with Gasteiger partial charge in [-0.1, -0.05) is 19.1 Å². The van der Waals surface area contributed by atoms with Crippen molar-refractivity contribution in [3.05, 3.63) is 42.1 Å². The van der Waals surface area contributed by atoms with Crippen LogP contribution in [0.4, 0.5) is 11.5 Å². The number of benzene rings is 1. The van der Waals surface area contributed by atoms with Gasteiger partial charge in [0, 0.05) is 11.4 Å². The van der Waals surface area contributed by atoms with E-state index >= 15 is 0 Å². The Kier molecular flexibility index (Phi) is 5.57. The van der Waals surface area contributed by atoms with Crippen LogP contribution in [0, 0.1) is 0 Å². The molecular weight excluding hydrogens is 284 g/mol. The van der Waals surface area contributed by atoms with Gasteiger partial charge in [-0.3, -0.25) is 4.79 Å². The Bertz CT molecular complexity index is 601. The molecule has 2 aromatic rings. The van der Waals surface area contributed by atoms with Crippen molar-refractivity contribution in [2.24, 2.45) is 0 Å². The van der Waals surface area contributed by atoms with Crippen LogP contribution in [0.2, 0.25) is 0 Å². The molecule has 0 aliphatic heterocycles. The third-order valence-electron chi connectivity index (χ3n) is 2.81. The standard InChI is InChI=1S/C15H18N4OS/c1-3-10-16-14-9-8-12(18-19-14)15(20)17-11-6-4-5-7-13(11)21-2/h4-9H,3,10H2,1-2H3,(H,16,19)(H,17,20). The second kappa shape index (κ2) is 7.64. The Balaban J connectivity index is 2.06. The zero-order valence-corrected chi connectivity index (χ0v) is 12.9. The number of amides is 1. The maximum absolute atomic E-state index is 12.2. The van der Waals surface area contributed by atoms with Gasteiger partial charge in [-0.15, -0.1) is 22.0 Å². The summed E-state index contributed by atoms with van der Waals surface area (Å²) in [4.78, 5) is 13.2. The van der Waals surface area contributed by atoms with E-state index in [0.29, 0.717) is 11.5 Å². The molecule has 0 bridgehead atoms. The number of carbonyl (C=O) groups is 1. The number of nitrogens with zero attached hydrogens (tertiary/aromatic N) is 2. The number of hydrogen-bond acceptors (Lipinski definition) is 5. The van der Waals surface area contributed by atoms with Crippen LogP contribution in [-0.2, 0) is 0 Å². The van der Waals surface area contributed by atoms with Gasteiger partial charge < -0.3 is 10.6 Å². The Morgan fingerprint density at radius 1 is 1.19 bits per heavy atom. The molecule has 0 saturated carbocycles. The van der Waals surface area contributed by atoms with Gasteiger partial charge in [-0.05, 0) is 36.9 Å². The molecular formula is C15H18N4OS. The Labute approximate surface area is 128 Å². The van der Waals surface area contributed by atoms with Crippen LogP contribution in [-0.4, -0.2) is 28.9 Å². The molecule has 0 spiro atoms. The number of rotatable bonds is 6. The second-order valence-corrected chi connectivity index (χ2v) is 5.23. The number of thioether (sulfide) groups is 1. The number of para-hydroxylation sites is 1. The van der Waals surface area contributed by atoms with Crippen LogP contribution in [0.15, 0.2) is 41.3 Å². The highest BCUT2D eigenvalue weighted by atomic mass is 32.2. The summed E-state index contributed by atoms with van der Waals surface area (Å²) in [5.74, 6) is 0.420. The fourth-order valence-electron chi connectivity index (χ4n) is 1.73. The van der Waals surface area contributed by atoms with Crippen LogP contribution in [0.1, 0.15) is 23.8 Å².